The molecule has 1 aliphatic heterocycles. The minimum absolute atomic E-state index is 0.0410. The highest BCUT2D eigenvalue weighted by atomic mass is 19.1. The maximum Gasteiger partial charge on any atom is 0.419 e. The van der Waals surface area contributed by atoms with Gasteiger partial charge in [0.05, 0.1) is 22.9 Å². The van der Waals surface area contributed by atoms with Crippen LogP contribution in [0.4, 0.5) is 4.39 Å². The minimum Gasteiger partial charge on any atom is -0.408 e. The SMILES string of the molecule is Cn1c(=O)oc2ccc(-c3ccc(C[C@@]4(C#N)CC4NC(=O)C4CNC4)c(F)c3)cc21. The van der Waals surface area contributed by atoms with Gasteiger partial charge in [0.1, 0.15) is 5.82 Å². The van der Waals surface area contributed by atoms with E-state index in [2.05, 4.69) is 16.7 Å². The number of aryl methyl sites for hydroxylation is 1. The van der Waals surface area contributed by atoms with E-state index in [1.54, 1.807) is 37.4 Å². The van der Waals surface area contributed by atoms with Crippen LogP contribution in [0.2, 0.25) is 0 Å². The lowest BCUT2D eigenvalue weighted by Crippen LogP contribution is -2.51. The summed E-state index contributed by atoms with van der Waals surface area (Å²) in [6.07, 6.45) is 0.778. The first-order valence-corrected chi connectivity index (χ1v) is 10.2. The smallest absolute Gasteiger partial charge is 0.408 e. The molecule has 31 heavy (non-hydrogen) atoms. The molecular formula is C23H21FN4O3. The Hall–Kier alpha value is -3.44. The molecule has 0 spiro atoms. The highest BCUT2D eigenvalue weighted by molar-refractivity contribution is 5.81. The van der Waals surface area contributed by atoms with E-state index in [-0.39, 0.29) is 24.3 Å². The van der Waals surface area contributed by atoms with Crippen LogP contribution in [0.5, 0.6) is 0 Å². The Balaban J connectivity index is 1.35. The lowest BCUT2D eigenvalue weighted by molar-refractivity contribution is -0.126. The van der Waals surface area contributed by atoms with E-state index < -0.39 is 17.0 Å². The molecule has 2 atom stereocenters. The predicted octanol–water partition coefficient (Wildman–Crippen LogP) is 2.10. The molecular weight excluding hydrogens is 399 g/mol. The van der Waals surface area contributed by atoms with Gasteiger partial charge in [0.2, 0.25) is 5.91 Å². The summed E-state index contributed by atoms with van der Waals surface area (Å²) >= 11 is 0. The molecule has 1 saturated carbocycles. The number of amides is 1. The summed E-state index contributed by atoms with van der Waals surface area (Å²) in [4.78, 5) is 23.8. The van der Waals surface area contributed by atoms with Crippen LogP contribution in [-0.2, 0) is 18.3 Å². The van der Waals surface area contributed by atoms with Gasteiger partial charge in [-0.3, -0.25) is 9.36 Å². The predicted molar refractivity (Wildman–Crippen MR) is 112 cm³/mol. The Morgan fingerprint density at radius 1 is 1.32 bits per heavy atom. The highest BCUT2D eigenvalue weighted by Crippen LogP contribution is 2.48. The Labute approximate surface area is 177 Å². The largest absolute Gasteiger partial charge is 0.419 e. The number of carbonyl (C=O) groups is 1. The molecule has 7 nitrogen and oxygen atoms in total. The van der Waals surface area contributed by atoms with Gasteiger partial charge in [0.25, 0.3) is 0 Å². The van der Waals surface area contributed by atoms with Crippen LogP contribution < -0.4 is 16.4 Å². The third-order valence-corrected chi connectivity index (χ3v) is 6.45. The van der Waals surface area contributed by atoms with Crippen molar-refractivity contribution < 1.29 is 13.6 Å². The number of hydrogen-bond acceptors (Lipinski definition) is 5. The maximum absolute atomic E-state index is 14.9. The monoisotopic (exact) mass is 420 g/mol. The normalized spacial score (nSPS) is 22.7. The zero-order valence-corrected chi connectivity index (χ0v) is 16.9. The van der Waals surface area contributed by atoms with E-state index in [0.717, 1.165) is 5.56 Å². The first kappa shape index (κ1) is 19.5. The van der Waals surface area contributed by atoms with E-state index in [0.29, 0.717) is 41.7 Å². The Morgan fingerprint density at radius 2 is 2.06 bits per heavy atom. The van der Waals surface area contributed by atoms with Gasteiger partial charge in [0, 0.05) is 26.2 Å². The molecule has 1 aliphatic carbocycles. The lowest BCUT2D eigenvalue weighted by atomic mass is 9.94. The molecule has 8 heteroatoms. The van der Waals surface area contributed by atoms with Crippen molar-refractivity contribution in [3.05, 3.63) is 58.3 Å². The van der Waals surface area contributed by atoms with E-state index in [4.69, 9.17) is 4.42 Å². The van der Waals surface area contributed by atoms with E-state index in [1.165, 1.54) is 10.6 Å². The van der Waals surface area contributed by atoms with Crippen molar-refractivity contribution in [2.75, 3.05) is 13.1 Å². The van der Waals surface area contributed by atoms with Gasteiger partial charge in [-0.25, -0.2) is 9.18 Å². The molecule has 2 aromatic carbocycles. The number of aromatic nitrogens is 1. The zero-order chi connectivity index (χ0) is 21.8. The number of hydrogen-bond donors (Lipinski definition) is 2. The van der Waals surface area contributed by atoms with Crippen LogP contribution in [0, 0.1) is 28.5 Å². The van der Waals surface area contributed by atoms with E-state index in [1.807, 2.05) is 0 Å². The van der Waals surface area contributed by atoms with Gasteiger partial charge in [-0.2, -0.15) is 5.26 Å². The summed E-state index contributed by atoms with van der Waals surface area (Å²) in [6, 6.07) is 12.2. The molecule has 1 amide bonds. The number of nitrogens with one attached hydrogen (secondary N) is 2. The van der Waals surface area contributed by atoms with Gasteiger partial charge in [-0.15, -0.1) is 0 Å². The summed E-state index contributed by atoms with van der Waals surface area (Å²) < 4.78 is 21.5. The lowest BCUT2D eigenvalue weighted by Gasteiger charge is -2.26. The summed E-state index contributed by atoms with van der Waals surface area (Å²) in [7, 11) is 1.62. The van der Waals surface area contributed by atoms with Gasteiger partial charge in [-0.1, -0.05) is 18.2 Å². The average Bonchev–Trinajstić information content (AvgIpc) is 3.31. The van der Waals surface area contributed by atoms with Gasteiger partial charge in [-0.05, 0) is 47.7 Å². The van der Waals surface area contributed by atoms with Gasteiger partial charge < -0.3 is 15.1 Å². The van der Waals surface area contributed by atoms with Crippen LogP contribution >= 0.6 is 0 Å². The molecule has 0 radical (unpaired) electrons. The Bertz CT molecular complexity index is 1300. The quantitative estimate of drug-likeness (QED) is 0.659. The molecule has 1 unspecified atom stereocenters. The fraction of sp³-hybridized carbons (Fsp3) is 0.348. The first-order valence-electron chi connectivity index (χ1n) is 10.2. The highest BCUT2D eigenvalue weighted by Gasteiger charge is 2.56. The molecule has 2 aliphatic rings. The standard InChI is InChI=1S/C23H21FN4O3/c1-28-18-7-14(4-5-19(18)31-22(28)30)13-2-3-15(17(24)6-13)8-23(12-25)9-20(23)27-21(29)16-10-26-11-16/h2-7,16,20,26H,8-11H2,1H3,(H,27,29)/t20?,23-/m0/s1. The number of fused-ring (bicyclic) bond motifs is 1. The second-order valence-electron chi connectivity index (χ2n) is 8.48. The number of rotatable bonds is 5. The number of nitrogens with zero attached hydrogens (tertiary/aromatic N) is 2. The molecule has 2 N–H and O–H groups in total. The summed E-state index contributed by atoms with van der Waals surface area (Å²) in [6.45, 7) is 1.32. The van der Waals surface area contributed by atoms with Crippen LogP contribution in [0.3, 0.4) is 0 Å². The van der Waals surface area contributed by atoms with Crippen LogP contribution in [0.1, 0.15) is 12.0 Å². The molecule has 0 bridgehead atoms. The number of benzene rings is 2. The summed E-state index contributed by atoms with van der Waals surface area (Å²) in [5.74, 6) is -0.926. The molecule has 2 fully saturated rings. The number of halogens is 1. The van der Waals surface area contributed by atoms with Crippen LogP contribution in [-0.4, -0.2) is 29.6 Å². The Morgan fingerprint density at radius 3 is 2.74 bits per heavy atom. The van der Waals surface area contributed by atoms with Crippen molar-refractivity contribution >= 4 is 17.0 Å². The van der Waals surface area contributed by atoms with E-state index in [9.17, 15) is 19.2 Å². The number of carbonyl (C=O) groups excluding carboxylic acids is 1. The average molecular weight is 420 g/mol. The first-order chi connectivity index (χ1) is 14.9. The van der Waals surface area contributed by atoms with Crippen molar-refractivity contribution in [1.29, 1.82) is 5.26 Å². The number of oxazole rings is 1. The molecule has 1 saturated heterocycles. The third kappa shape index (κ3) is 3.31. The Kier molecular flexibility index (Phi) is 4.45. The van der Waals surface area contributed by atoms with Gasteiger partial charge in [0.15, 0.2) is 5.58 Å². The fourth-order valence-electron chi connectivity index (χ4n) is 4.13. The van der Waals surface area contributed by atoms with Crippen LogP contribution in [0.25, 0.3) is 22.2 Å². The van der Waals surface area contributed by atoms with Crippen molar-refractivity contribution in [2.24, 2.45) is 18.4 Å². The fourth-order valence-corrected chi connectivity index (χ4v) is 4.13. The topological polar surface area (TPSA) is 100 Å². The molecule has 2 heterocycles. The zero-order valence-electron chi connectivity index (χ0n) is 16.9. The maximum atomic E-state index is 14.9. The second kappa shape index (κ2) is 7.06. The van der Waals surface area contributed by atoms with Crippen molar-refractivity contribution in [1.82, 2.24) is 15.2 Å². The molecule has 3 aromatic rings. The molecule has 158 valence electrons. The summed E-state index contributed by atoms with van der Waals surface area (Å²) in [5.41, 5.74) is 2.22. The number of nitriles is 1. The van der Waals surface area contributed by atoms with Crippen molar-refractivity contribution in [3.63, 3.8) is 0 Å². The van der Waals surface area contributed by atoms with Crippen LogP contribution in [0.15, 0.2) is 45.6 Å². The second-order valence-corrected chi connectivity index (χ2v) is 8.48. The molecule has 1 aromatic heterocycles. The minimum atomic E-state index is -0.761. The van der Waals surface area contributed by atoms with E-state index >= 15 is 0 Å². The third-order valence-electron chi connectivity index (χ3n) is 6.45. The van der Waals surface area contributed by atoms with Crippen molar-refractivity contribution in [2.45, 2.75) is 18.9 Å². The van der Waals surface area contributed by atoms with Gasteiger partial charge >= 0.3 is 5.76 Å². The molecule has 5 rings (SSSR count). The summed E-state index contributed by atoms with van der Waals surface area (Å²) in [5, 5.41) is 15.7. The van der Waals surface area contributed by atoms with Crippen molar-refractivity contribution in [3.8, 4) is 17.2 Å².